The first-order valence-electron chi connectivity index (χ1n) is 11.3. The number of para-hydroxylation sites is 2. The monoisotopic (exact) mass is 401 g/mol. The molecule has 1 aliphatic heterocycles. The van der Waals surface area contributed by atoms with Crippen LogP contribution in [-0.4, -0.2) is 47.5 Å². The molecule has 0 N–H and O–H groups in total. The van der Waals surface area contributed by atoms with Crippen LogP contribution >= 0.6 is 0 Å². The smallest absolute Gasteiger partial charge is 0.157 e. The van der Waals surface area contributed by atoms with E-state index in [1.54, 1.807) is 0 Å². The Morgan fingerprint density at radius 3 is 2.57 bits per heavy atom. The number of hydrogen-bond acceptors (Lipinski definition) is 4. The molecule has 0 bridgehead atoms. The number of pyridine rings is 1. The highest BCUT2D eigenvalue weighted by atomic mass is 15.3. The Kier molecular flexibility index (Phi) is 4.91. The summed E-state index contributed by atoms with van der Waals surface area (Å²) in [4.78, 5) is 9.84. The maximum absolute atomic E-state index is 10.1. The second-order valence-electron chi connectivity index (χ2n) is 9.30. The number of nitrogens with zero attached hydrogens (tertiary/aromatic N) is 5. The fraction of sp³-hybridized carbons (Fsp3) is 0.520. The minimum atomic E-state index is 0.532. The zero-order valence-corrected chi connectivity index (χ0v) is 18.4. The molecule has 30 heavy (non-hydrogen) atoms. The molecular formula is C25H31N5. The highest BCUT2D eigenvalue weighted by Crippen LogP contribution is 2.43. The van der Waals surface area contributed by atoms with E-state index in [-0.39, 0.29) is 0 Å². The van der Waals surface area contributed by atoms with Crippen molar-refractivity contribution >= 4 is 22.5 Å². The minimum Gasteiger partial charge on any atom is -0.356 e. The number of likely N-dealkylation sites (N-methyl/N-ethyl adjacent to an activating group) is 1. The lowest BCUT2D eigenvalue weighted by atomic mass is 9.81. The largest absolute Gasteiger partial charge is 0.356 e. The van der Waals surface area contributed by atoms with E-state index in [1.807, 2.05) is 6.07 Å². The standard InChI is InChI=1S/C25H31N5/c1-17-20(15-26)24-27-21-11-7-8-12-22(21)30(24)25(23(17)18-9-5-4-6-10-18)29-14-13-19(16-29)28(2)3/h7-8,11-12,18-19H,4-6,9-10,13-14,16H2,1-3H3/t19-/m0/s1. The fourth-order valence-corrected chi connectivity index (χ4v) is 5.68. The third-order valence-corrected chi connectivity index (χ3v) is 7.33. The summed E-state index contributed by atoms with van der Waals surface area (Å²) in [6.07, 6.45) is 7.52. The van der Waals surface area contributed by atoms with Crippen LogP contribution in [0, 0.1) is 18.3 Å². The third-order valence-electron chi connectivity index (χ3n) is 7.33. The highest BCUT2D eigenvalue weighted by Gasteiger charge is 2.33. The Balaban J connectivity index is 1.83. The number of fused-ring (bicyclic) bond motifs is 3. The van der Waals surface area contributed by atoms with Crippen molar-refractivity contribution in [3.63, 3.8) is 0 Å². The fourth-order valence-electron chi connectivity index (χ4n) is 5.68. The van der Waals surface area contributed by atoms with Crippen LogP contribution in [0.5, 0.6) is 0 Å². The van der Waals surface area contributed by atoms with Gasteiger partial charge in [0.1, 0.15) is 11.9 Å². The van der Waals surface area contributed by atoms with E-state index in [9.17, 15) is 5.26 Å². The van der Waals surface area contributed by atoms with E-state index in [4.69, 9.17) is 4.98 Å². The number of nitriles is 1. The van der Waals surface area contributed by atoms with Crippen LogP contribution in [0.15, 0.2) is 24.3 Å². The van der Waals surface area contributed by atoms with Crippen LogP contribution < -0.4 is 4.90 Å². The molecule has 1 atom stereocenters. The van der Waals surface area contributed by atoms with Crippen molar-refractivity contribution in [2.75, 3.05) is 32.1 Å². The predicted octanol–water partition coefficient (Wildman–Crippen LogP) is 4.86. The van der Waals surface area contributed by atoms with Crippen LogP contribution in [0.4, 0.5) is 5.82 Å². The van der Waals surface area contributed by atoms with Crippen molar-refractivity contribution in [3.05, 3.63) is 41.0 Å². The number of hydrogen-bond donors (Lipinski definition) is 0. The summed E-state index contributed by atoms with van der Waals surface area (Å²) in [6, 6.07) is 11.4. The van der Waals surface area contributed by atoms with Crippen molar-refractivity contribution in [2.45, 2.75) is 57.4 Å². The molecule has 1 saturated carbocycles. The minimum absolute atomic E-state index is 0.532. The zero-order chi connectivity index (χ0) is 20.8. The first-order chi connectivity index (χ1) is 14.6. The van der Waals surface area contributed by atoms with E-state index in [0.717, 1.165) is 40.9 Å². The first-order valence-corrected chi connectivity index (χ1v) is 11.3. The van der Waals surface area contributed by atoms with Crippen LogP contribution in [0.25, 0.3) is 16.7 Å². The molecule has 0 spiro atoms. The molecule has 2 aromatic heterocycles. The molecule has 0 radical (unpaired) electrons. The molecule has 2 fully saturated rings. The number of rotatable bonds is 3. The normalized spacial score (nSPS) is 20.5. The summed E-state index contributed by atoms with van der Waals surface area (Å²) in [5.74, 6) is 1.83. The van der Waals surface area contributed by atoms with Crippen molar-refractivity contribution in [2.24, 2.45) is 0 Å². The van der Waals surface area contributed by atoms with Gasteiger partial charge in [0.25, 0.3) is 0 Å². The highest BCUT2D eigenvalue weighted by molar-refractivity contribution is 5.86. The van der Waals surface area contributed by atoms with Gasteiger partial charge in [-0.2, -0.15) is 5.26 Å². The maximum atomic E-state index is 10.1. The van der Waals surface area contributed by atoms with Gasteiger partial charge >= 0.3 is 0 Å². The zero-order valence-electron chi connectivity index (χ0n) is 18.4. The van der Waals surface area contributed by atoms with Gasteiger partial charge in [-0.25, -0.2) is 4.98 Å². The van der Waals surface area contributed by atoms with Gasteiger partial charge in [0, 0.05) is 24.7 Å². The molecule has 0 amide bonds. The first kappa shape index (κ1) is 19.4. The van der Waals surface area contributed by atoms with Crippen LogP contribution in [0.2, 0.25) is 0 Å². The van der Waals surface area contributed by atoms with Crippen LogP contribution in [0.1, 0.15) is 61.1 Å². The summed E-state index contributed by atoms with van der Waals surface area (Å²) < 4.78 is 2.31. The Hall–Kier alpha value is -2.58. The maximum Gasteiger partial charge on any atom is 0.157 e. The Labute approximate surface area is 178 Å². The van der Waals surface area contributed by atoms with Gasteiger partial charge < -0.3 is 9.80 Å². The van der Waals surface area contributed by atoms with E-state index in [2.05, 4.69) is 59.5 Å². The van der Waals surface area contributed by atoms with Gasteiger partial charge in [0.15, 0.2) is 5.65 Å². The number of anilines is 1. The van der Waals surface area contributed by atoms with E-state index in [1.165, 1.54) is 49.9 Å². The topological polar surface area (TPSA) is 47.6 Å². The average molecular weight is 402 g/mol. The molecule has 5 nitrogen and oxygen atoms in total. The Morgan fingerprint density at radius 2 is 1.87 bits per heavy atom. The second-order valence-corrected chi connectivity index (χ2v) is 9.30. The van der Waals surface area contributed by atoms with Gasteiger partial charge in [-0.1, -0.05) is 31.4 Å². The van der Waals surface area contributed by atoms with Gasteiger partial charge in [0.05, 0.1) is 16.6 Å². The van der Waals surface area contributed by atoms with Gasteiger partial charge in [-0.05, 0) is 63.9 Å². The Morgan fingerprint density at radius 1 is 1.10 bits per heavy atom. The molecule has 1 saturated heterocycles. The van der Waals surface area contributed by atoms with Gasteiger partial charge in [0.2, 0.25) is 0 Å². The van der Waals surface area contributed by atoms with Crippen molar-refractivity contribution in [1.29, 1.82) is 5.26 Å². The SMILES string of the molecule is Cc1c(C2CCCCC2)c(N2CC[C@H](N(C)C)C2)n2c(nc3ccccc32)c1C#N. The lowest BCUT2D eigenvalue weighted by molar-refractivity contribution is 0.315. The lowest BCUT2D eigenvalue weighted by Gasteiger charge is -2.32. The van der Waals surface area contributed by atoms with Crippen molar-refractivity contribution in [3.8, 4) is 6.07 Å². The summed E-state index contributed by atoms with van der Waals surface area (Å²) in [5, 5.41) is 10.1. The molecule has 5 rings (SSSR count). The van der Waals surface area contributed by atoms with E-state index in [0.29, 0.717) is 12.0 Å². The molecule has 3 aromatic rings. The predicted molar refractivity (Wildman–Crippen MR) is 122 cm³/mol. The van der Waals surface area contributed by atoms with Gasteiger partial charge in [-0.15, -0.1) is 0 Å². The summed E-state index contributed by atoms with van der Waals surface area (Å²) in [7, 11) is 4.37. The molecule has 0 unspecified atom stereocenters. The molecule has 5 heteroatoms. The number of imidazole rings is 1. The second kappa shape index (κ2) is 7.59. The molecule has 2 aliphatic rings. The van der Waals surface area contributed by atoms with Crippen molar-refractivity contribution < 1.29 is 0 Å². The lowest BCUT2D eigenvalue weighted by Crippen LogP contribution is -2.33. The molecule has 1 aliphatic carbocycles. The summed E-state index contributed by atoms with van der Waals surface area (Å²) in [6.45, 7) is 4.24. The van der Waals surface area contributed by atoms with Crippen LogP contribution in [0.3, 0.4) is 0 Å². The quantitative estimate of drug-likeness (QED) is 0.629. The Bertz CT molecular complexity index is 1130. The number of benzene rings is 1. The van der Waals surface area contributed by atoms with Gasteiger partial charge in [-0.3, -0.25) is 4.40 Å². The molecule has 3 heterocycles. The van der Waals surface area contributed by atoms with E-state index >= 15 is 0 Å². The third kappa shape index (κ3) is 2.97. The summed E-state index contributed by atoms with van der Waals surface area (Å²) >= 11 is 0. The van der Waals surface area contributed by atoms with Crippen molar-refractivity contribution in [1.82, 2.24) is 14.3 Å². The van der Waals surface area contributed by atoms with Crippen LogP contribution in [-0.2, 0) is 0 Å². The molecule has 156 valence electrons. The van der Waals surface area contributed by atoms with E-state index < -0.39 is 0 Å². The number of aromatic nitrogens is 2. The summed E-state index contributed by atoms with van der Waals surface area (Å²) in [5.41, 5.74) is 6.21. The average Bonchev–Trinajstić information content (AvgIpc) is 3.39. The molecule has 1 aromatic carbocycles. The molecular weight excluding hydrogens is 370 g/mol.